The van der Waals surface area contributed by atoms with Crippen molar-refractivity contribution in [3.8, 4) is 5.75 Å². The molecule has 2 aromatic rings. The zero-order chi connectivity index (χ0) is 20.3. The average Bonchev–Trinajstić information content (AvgIpc) is 2.64. The Morgan fingerprint density at radius 2 is 1.68 bits per heavy atom. The maximum atomic E-state index is 12.2. The number of carbonyl (C=O) groups is 3. The fraction of sp³-hybridized carbons (Fsp3) is 0.211. The summed E-state index contributed by atoms with van der Waals surface area (Å²) in [6, 6.07) is 8.93. The van der Waals surface area contributed by atoms with Gasteiger partial charge in [-0.1, -0.05) is 0 Å². The molecule has 1 heterocycles. The lowest BCUT2D eigenvalue weighted by molar-refractivity contribution is -0.274. The predicted molar refractivity (Wildman–Crippen MR) is 91.1 cm³/mol. The van der Waals surface area contributed by atoms with E-state index in [0.717, 1.165) is 29.8 Å². The normalized spacial score (nSPS) is 13.3. The number of ketones is 1. The predicted octanol–water partition coefficient (Wildman–Crippen LogP) is 3.51. The number of aryl methyl sites for hydroxylation is 1. The van der Waals surface area contributed by atoms with Crippen molar-refractivity contribution in [2.24, 2.45) is 0 Å². The molecule has 1 N–H and O–H groups in total. The van der Waals surface area contributed by atoms with Crippen molar-refractivity contribution >= 4 is 23.3 Å². The molecule has 1 aliphatic heterocycles. The van der Waals surface area contributed by atoms with Gasteiger partial charge in [-0.3, -0.25) is 9.59 Å². The van der Waals surface area contributed by atoms with Crippen molar-refractivity contribution in [2.75, 3.05) is 11.9 Å². The van der Waals surface area contributed by atoms with E-state index in [4.69, 9.17) is 4.74 Å². The number of amides is 1. The monoisotopic (exact) mass is 393 g/mol. The van der Waals surface area contributed by atoms with E-state index >= 15 is 0 Å². The Morgan fingerprint density at radius 1 is 1.00 bits per heavy atom. The fourth-order valence-corrected chi connectivity index (χ4v) is 2.65. The molecule has 0 aliphatic carbocycles. The number of halogens is 3. The average molecular weight is 393 g/mol. The summed E-state index contributed by atoms with van der Waals surface area (Å²) in [6.45, 7) is -0.523. The second kappa shape index (κ2) is 7.71. The standard InChI is InChI=1S/C19H14F3NO5/c20-19(21,22)28-14-5-1-11(2-6-14)18(26)27-10-16(24)13-3-7-15-12(9-13)4-8-17(25)23-15/h1-3,5-7,9H,4,8,10H2,(H,23,25). The number of hydrogen-bond acceptors (Lipinski definition) is 5. The van der Waals surface area contributed by atoms with Crippen molar-refractivity contribution in [1.29, 1.82) is 0 Å². The first-order chi connectivity index (χ1) is 13.2. The summed E-state index contributed by atoms with van der Waals surface area (Å²) in [5, 5.41) is 2.70. The first kappa shape index (κ1) is 19.4. The number of hydrogen-bond donors (Lipinski definition) is 1. The number of benzene rings is 2. The molecular weight excluding hydrogens is 379 g/mol. The fourth-order valence-electron chi connectivity index (χ4n) is 2.65. The number of alkyl halides is 3. The van der Waals surface area contributed by atoms with Crippen LogP contribution in [0.25, 0.3) is 0 Å². The number of carbonyl (C=O) groups excluding carboxylic acids is 3. The Bertz CT molecular complexity index is 922. The highest BCUT2D eigenvalue weighted by Crippen LogP contribution is 2.24. The number of Topliss-reactive ketones (excluding diaryl/α,β-unsaturated/α-hetero) is 1. The summed E-state index contributed by atoms with van der Waals surface area (Å²) < 4.78 is 45.0. The Labute approximate surface area is 157 Å². The summed E-state index contributed by atoms with van der Waals surface area (Å²) >= 11 is 0. The van der Waals surface area contributed by atoms with Crippen LogP contribution in [0, 0.1) is 0 Å². The molecular formula is C19H14F3NO5. The lowest BCUT2D eigenvalue weighted by Crippen LogP contribution is -2.20. The summed E-state index contributed by atoms with van der Waals surface area (Å²) in [7, 11) is 0. The first-order valence-electron chi connectivity index (χ1n) is 8.20. The lowest BCUT2D eigenvalue weighted by Gasteiger charge is -2.17. The maximum absolute atomic E-state index is 12.2. The Kier molecular flexibility index (Phi) is 5.34. The van der Waals surface area contributed by atoms with Gasteiger partial charge in [0.15, 0.2) is 12.4 Å². The van der Waals surface area contributed by atoms with E-state index in [2.05, 4.69) is 10.1 Å². The molecule has 0 saturated heterocycles. The van der Waals surface area contributed by atoms with Crippen LogP contribution >= 0.6 is 0 Å². The van der Waals surface area contributed by atoms with Gasteiger partial charge in [0.1, 0.15) is 5.75 Å². The van der Waals surface area contributed by atoms with Gasteiger partial charge >= 0.3 is 12.3 Å². The smallest absolute Gasteiger partial charge is 0.454 e. The number of ether oxygens (including phenoxy) is 2. The second-order valence-corrected chi connectivity index (χ2v) is 5.99. The van der Waals surface area contributed by atoms with E-state index in [1.165, 1.54) is 6.07 Å². The van der Waals surface area contributed by atoms with Gasteiger partial charge in [-0.25, -0.2) is 4.79 Å². The lowest BCUT2D eigenvalue weighted by atomic mass is 9.99. The molecule has 6 nitrogen and oxygen atoms in total. The largest absolute Gasteiger partial charge is 0.573 e. The van der Waals surface area contributed by atoms with Crippen LogP contribution in [-0.2, 0) is 16.0 Å². The van der Waals surface area contributed by atoms with Crippen molar-refractivity contribution < 1.29 is 37.0 Å². The number of esters is 1. The summed E-state index contributed by atoms with van der Waals surface area (Å²) in [5.74, 6) is -1.85. The minimum absolute atomic E-state index is 0.0181. The topological polar surface area (TPSA) is 81.7 Å². The highest BCUT2D eigenvalue weighted by molar-refractivity contribution is 6.01. The van der Waals surface area contributed by atoms with Gasteiger partial charge in [0.2, 0.25) is 5.91 Å². The second-order valence-electron chi connectivity index (χ2n) is 5.99. The quantitative estimate of drug-likeness (QED) is 0.621. The number of fused-ring (bicyclic) bond motifs is 1. The zero-order valence-electron chi connectivity index (χ0n) is 14.3. The van der Waals surface area contributed by atoms with Crippen LogP contribution < -0.4 is 10.1 Å². The highest BCUT2D eigenvalue weighted by Gasteiger charge is 2.31. The third-order valence-electron chi connectivity index (χ3n) is 3.98. The molecule has 1 amide bonds. The van der Waals surface area contributed by atoms with Crippen molar-refractivity contribution in [3.05, 3.63) is 59.2 Å². The van der Waals surface area contributed by atoms with Gasteiger partial charge in [-0.15, -0.1) is 13.2 Å². The van der Waals surface area contributed by atoms with Gasteiger partial charge in [0.25, 0.3) is 0 Å². The van der Waals surface area contributed by atoms with Crippen LogP contribution in [0.15, 0.2) is 42.5 Å². The van der Waals surface area contributed by atoms with E-state index in [-0.39, 0.29) is 11.5 Å². The van der Waals surface area contributed by atoms with E-state index in [0.29, 0.717) is 24.1 Å². The van der Waals surface area contributed by atoms with E-state index < -0.39 is 30.5 Å². The van der Waals surface area contributed by atoms with Crippen LogP contribution in [0.4, 0.5) is 18.9 Å². The van der Waals surface area contributed by atoms with Crippen LogP contribution in [0.3, 0.4) is 0 Å². The van der Waals surface area contributed by atoms with Crippen LogP contribution in [0.1, 0.15) is 32.7 Å². The molecule has 0 saturated carbocycles. The van der Waals surface area contributed by atoms with Crippen molar-refractivity contribution in [1.82, 2.24) is 0 Å². The minimum atomic E-state index is -4.83. The number of nitrogens with one attached hydrogen (secondary N) is 1. The summed E-state index contributed by atoms with van der Waals surface area (Å²) in [5.41, 5.74) is 1.77. The summed E-state index contributed by atoms with van der Waals surface area (Å²) in [6.07, 6.45) is -3.99. The van der Waals surface area contributed by atoms with Gasteiger partial charge in [-0.2, -0.15) is 0 Å². The van der Waals surface area contributed by atoms with Gasteiger partial charge in [0.05, 0.1) is 5.56 Å². The van der Waals surface area contributed by atoms with Gasteiger partial charge < -0.3 is 14.8 Å². The molecule has 0 atom stereocenters. The van der Waals surface area contributed by atoms with Crippen LogP contribution in [0.2, 0.25) is 0 Å². The van der Waals surface area contributed by atoms with E-state index in [1.807, 2.05) is 0 Å². The third kappa shape index (κ3) is 4.87. The molecule has 2 aromatic carbocycles. The molecule has 0 aromatic heterocycles. The van der Waals surface area contributed by atoms with Crippen LogP contribution in [0.5, 0.6) is 5.75 Å². The molecule has 0 bridgehead atoms. The van der Waals surface area contributed by atoms with E-state index in [9.17, 15) is 27.6 Å². The van der Waals surface area contributed by atoms with Gasteiger partial charge in [-0.05, 0) is 54.4 Å². The molecule has 0 unspecified atom stereocenters. The van der Waals surface area contributed by atoms with Crippen molar-refractivity contribution in [2.45, 2.75) is 19.2 Å². The molecule has 0 radical (unpaired) electrons. The Morgan fingerprint density at radius 3 is 2.36 bits per heavy atom. The van der Waals surface area contributed by atoms with E-state index in [1.54, 1.807) is 12.1 Å². The molecule has 28 heavy (non-hydrogen) atoms. The highest BCUT2D eigenvalue weighted by atomic mass is 19.4. The SMILES string of the molecule is O=C1CCc2cc(C(=O)COC(=O)c3ccc(OC(F)(F)F)cc3)ccc2N1. The Balaban J connectivity index is 1.58. The summed E-state index contributed by atoms with van der Waals surface area (Å²) in [4.78, 5) is 35.5. The van der Waals surface area contributed by atoms with Gasteiger partial charge in [0, 0.05) is 17.7 Å². The Hall–Kier alpha value is -3.36. The first-order valence-corrected chi connectivity index (χ1v) is 8.20. The maximum Gasteiger partial charge on any atom is 0.573 e. The zero-order valence-corrected chi connectivity index (χ0v) is 14.3. The third-order valence-corrected chi connectivity index (χ3v) is 3.98. The molecule has 1 aliphatic rings. The minimum Gasteiger partial charge on any atom is -0.454 e. The molecule has 0 fully saturated rings. The van der Waals surface area contributed by atoms with Crippen LogP contribution in [-0.4, -0.2) is 30.6 Å². The number of rotatable bonds is 5. The molecule has 0 spiro atoms. The van der Waals surface area contributed by atoms with Crippen molar-refractivity contribution in [3.63, 3.8) is 0 Å². The molecule has 146 valence electrons. The number of anilines is 1. The molecule has 9 heteroatoms. The molecule has 3 rings (SSSR count).